The third-order valence-electron chi connectivity index (χ3n) is 5.24. The molecule has 0 spiro atoms. The smallest absolute Gasteiger partial charge is 0.224 e. The van der Waals surface area contributed by atoms with E-state index < -0.39 is 0 Å². The first-order valence-corrected chi connectivity index (χ1v) is 8.91. The fourth-order valence-electron chi connectivity index (χ4n) is 3.67. The van der Waals surface area contributed by atoms with Crippen molar-refractivity contribution in [1.82, 2.24) is 5.32 Å². The molecule has 2 fully saturated rings. The van der Waals surface area contributed by atoms with Crippen molar-refractivity contribution in [3.05, 3.63) is 54.0 Å². The van der Waals surface area contributed by atoms with E-state index >= 15 is 0 Å². The quantitative estimate of drug-likeness (QED) is 0.908. The van der Waals surface area contributed by atoms with E-state index in [9.17, 15) is 4.79 Å². The molecular weight excluding hydrogens is 300 g/mol. The normalized spacial score (nSPS) is 24.0. The van der Waals surface area contributed by atoms with Crippen molar-refractivity contribution < 1.29 is 9.21 Å². The molecule has 2 aromatic rings. The van der Waals surface area contributed by atoms with E-state index in [-0.39, 0.29) is 23.8 Å². The van der Waals surface area contributed by atoms with Crippen molar-refractivity contribution in [2.75, 3.05) is 18.0 Å². The molecule has 1 amide bonds. The van der Waals surface area contributed by atoms with Crippen molar-refractivity contribution >= 4 is 11.6 Å². The average molecular weight is 324 g/mol. The topological polar surface area (TPSA) is 45.5 Å². The number of furan rings is 1. The Morgan fingerprint density at radius 1 is 1.25 bits per heavy atom. The first-order chi connectivity index (χ1) is 11.7. The van der Waals surface area contributed by atoms with Crippen LogP contribution in [0.5, 0.6) is 0 Å². The monoisotopic (exact) mass is 324 g/mol. The van der Waals surface area contributed by atoms with Crippen LogP contribution in [0.3, 0.4) is 0 Å². The highest BCUT2D eigenvalue weighted by atomic mass is 16.3. The lowest BCUT2D eigenvalue weighted by atomic mass is 10.1. The highest BCUT2D eigenvalue weighted by Crippen LogP contribution is 2.47. The van der Waals surface area contributed by atoms with Crippen LogP contribution in [0.25, 0.3) is 0 Å². The number of benzene rings is 1. The fourth-order valence-corrected chi connectivity index (χ4v) is 3.67. The summed E-state index contributed by atoms with van der Waals surface area (Å²) in [6.45, 7) is 4.33. The van der Waals surface area contributed by atoms with Crippen LogP contribution >= 0.6 is 0 Å². The SMILES string of the molecule is C[C@H](NC(=O)[C@@H]1C[C@@H]1c1ccco1)c1cccc(N2CCCC2)c1. The molecule has 1 saturated carbocycles. The maximum atomic E-state index is 12.5. The molecule has 1 aliphatic heterocycles. The lowest BCUT2D eigenvalue weighted by Gasteiger charge is -2.20. The van der Waals surface area contributed by atoms with E-state index in [0.717, 1.165) is 25.3 Å². The van der Waals surface area contributed by atoms with Gasteiger partial charge in [0.15, 0.2) is 0 Å². The summed E-state index contributed by atoms with van der Waals surface area (Å²) in [4.78, 5) is 14.9. The number of hydrogen-bond donors (Lipinski definition) is 1. The number of carbonyl (C=O) groups excluding carboxylic acids is 1. The highest BCUT2D eigenvalue weighted by molar-refractivity contribution is 5.83. The zero-order valence-corrected chi connectivity index (χ0v) is 14.1. The lowest BCUT2D eigenvalue weighted by molar-refractivity contribution is -0.123. The van der Waals surface area contributed by atoms with E-state index in [0.29, 0.717) is 0 Å². The van der Waals surface area contributed by atoms with Gasteiger partial charge in [0.1, 0.15) is 5.76 Å². The number of rotatable bonds is 5. The van der Waals surface area contributed by atoms with Crippen LogP contribution in [0.4, 0.5) is 5.69 Å². The standard InChI is InChI=1S/C20H24N2O2/c1-14(15-6-4-7-16(12-15)22-9-2-3-10-22)21-20(23)18-13-17(18)19-8-5-11-24-19/h4-8,11-12,14,17-18H,2-3,9-10,13H2,1H3,(H,21,23)/t14-,17-,18+/m0/s1. The third kappa shape index (κ3) is 3.05. The van der Waals surface area contributed by atoms with E-state index in [1.54, 1.807) is 6.26 Å². The molecular formula is C20H24N2O2. The predicted octanol–water partition coefficient (Wildman–Crippen LogP) is 3.86. The number of amides is 1. The van der Waals surface area contributed by atoms with Crippen LogP contribution in [-0.4, -0.2) is 19.0 Å². The van der Waals surface area contributed by atoms with Crippen molar-refractivity contribution in [2.45, 2.75) is 38.1 Å². The summed E-state index contributed by atoms with van der Waals surface area (Å²) in [5.41, 5.74) is 2.44. The molecule has 4 nitrogen and oxygen atoms in total. The number of hydrogen-bond acceptors (Lipinski definition) is 3. The second-order valence-corrected chi connectivity index (χ2v) is 6.98. The summed E-state index contributed by atoms with van der Waals surface area (Å²) < 4.78 is 5.41. The van der Waals surface area contributed by atoms with Crippen LogP contribution in [0.15, 0.2) is 47.1 Å². The number of nitrogens with one attached hydrogen (secondary N) is 1. The van der Waals surface area contributed by atoms with Gasteiger partial charge in [-0.15, -0.1) is 0 Å². The molecule has 1 N–H and O–H groups in total. The van der Waals surface area contributed by atoms with E-state index in [2.05, 4.69) is 41.4 Å². The maximum Gasteiger partial charge on any atom is 0.224 e. The van der Waals surface area contributed by atoms with Crippen molar-refractivity contribution in [3.8, 4) is 0 Å². The molecule has 1 aromatic carbocycles. The Kier molecular flexibility index (Phi) is 4.05. The Balaban J connectivity index is 1.38. The van der Waals surface area contributed by atoms with Gasteiger partial charge < -0.3 is 14.6 Å². The minimum atomic E-state index is 0.0258. The summed E-state index contributed by atoms with van der Waals surface area (Å²) in [5, 5.41) is 3.17. The minimum absolute atomic E-state index is 0.0258. The molecule has 0 unspecified atom stereocenters. The van der Waals surface area contributed by atoms with Gasteiger partial charge in [0.2, 0.25) is 5.91 Å². The molecule has 24 heavy (non-hydrogen) atoms. The summed E-state index contributed by atoms with van der Waals surface area (Å²) in [7, 11) is 0. The predicted molar refractivity (Wildman–Crippen MR) is 94.0 cm³/mol. The van der Waals surface area contributed by atoms with Crippen LogP contribution < -0.4 is 10.2 Å². The Morgan fingerprint density at radius 3 is 2.83 bits per heavy atom. The average Bonchev–Trinajstić information content (AvgIpc) is 3.03. The lowest BCUT2D eigenvalue weighted by Crippen LogP contribution is -2.28. The second kappa shape index (κ2) is 6.34. The Labute approximate surface area is 142 Å². The first kappa shape index (κ1) is 15.3. The van der Waals surface area contributed by atoms with Crippen molar-refractivity contribution in [2.24, 2.45) is 5.92 Å². The minimum Gasteiger partial charge on any atom is -0.469 e. The summed E-state index contributed by atoms with van der Waals surface area (Å²) in [6, 6.07) is 12.4. The van der Waals surface area contributed by atoms with E-state index in [1.807, 2.05) is 12.1 Å². The molecule has 1 aromatic heterocycles. The summed E-state index contributed by atoms with van der Waals surface area (Å²) >= 11 is 0. The zero-order valence-electron chi connectivity index (χ0n) is 14.1. The molecule has 1 saturated heterocycles. The van der Waals surface area contributed by atoms with Crippen LogP contribution in [0.2, 0.25) is 0 Å². The second-order valence-electron chi connectivity index (χ2n) is 6.98. The zero-order chi connectivity index (χ0) is 16.5. The van der Waals surface area contributed by atoms with Gasteiger partial charge in [-0.25, -0.2) is 0 Å². The van der Waals surface area contributed by atoms with Gasteiger partial charge in [-0.3, -0.25) is 4.79 Å². The van der Waals surface area contributed by atoms with Crippen LogP contribution in [0.1, 0.15) is 49.5 Å². The van der Waals surface area contributed by atoms with Gasteiger partial charge in [-0.1, -0.05) is 12.1 Å². The molecule has 126 valence electrons. The van der Waals surface area contributed by atoms with Crippen LogP contribution in [-0.2, 0) is 4.79 Å². The van der Waals surface area contributed by atoms with E-state index in [1.165, 1.54) is 24.1 Å². The molecule has 1 aliphatic carbocycles. The van der Waals surface area contributed by atoms with E-state index in [4.69, 9.17) is 4.42 Å². The first-order valence-electron chi connectivity index (χ1n) is 8.91. The molecule has 0 radical (unpaired) electrons. The fraction of sp³-hybridized carbons (Fsp3) is 0.450. The van der Waals surface area contributed by atoms with Crippen molar-refractivity contribution in [3.63, 3.8) is 0 Å². The van der Waals surface area contributed by atoms with Gasteiger partial charge >= 0.3 is 0 Å². The highest BCUT2D eigenvalue weighted by Gasteiger charge is 2.46. The van der Waals surface area contributed by atoms with Crippen molar-refractivity contribution in [1.29, 1.82) is 0 Å². The molecule has 2 heterocycles. The Bertz CT molecular complexity index is 704. The molecule has 3 atom stereocenters. The molecule has 2 aliphatic rings. The summed E-state index contributed by atoms with van der Waals surface area (Å²) in [5.74, 6) is 1.37. The summed E-state index contributed by atoms with van der Waals surface area (Å²) in [6.07, 6.45) is 5.10. The van der Waals surface area contributed by atoms with Gasteiger partial charge in [-0.05, 0) is 56.0 Å². The number of nitrogens with zero attached hydrogens (tertiary/aromatic N) is 1. The maximum absolute atomic E-state index is 12.5. The number of carbonyl (C=O) groups is 1. The Hall–Kier alpha value is -2.23. The van der Waals surface area contributed by atoms with Gasteiger partial charge in [0, 0.05) is 30.6 Å². The van der Waals surface area contributed by atoms with Gasteiger partial charge in [0.25, 0.3) is 0 Å². The third-order valence-corrected chi connectivity index (χ3v) is 5.24. The molecule has 4 heteroatoms. The largest absolute Gasteiger partial charge is 0.469 e. The van der Waals surface area contributed by atoms with Gasteiger partial charge in [0.05, 0.1) is 12.3 Å². The van der Waals surface area contributed by atoms with Crippen LogP contribution in [0, 0.1) is 5.92 Å². The molecule has 4 rings (SSSR count). The Morgan fingerprint density at radius 2 is 2.08 bits per heavy atom. The molecule has 0 bridgehead atoms. The number of anilines is 1. The van der Waals surface area contributed by atoms with Gasteiger partial charge in [-0.2, -0.15) is 0 Å².